The lowest BCUT2D eigenvalue weighted by molar-refractivity contribution is 0.447. The zero-order valence-electron chi connectivity index (χ0n) is 7.58. The zero-order chi connectivity index (χ0) is 10.1. The van der Waals surface area contributed by atoms with Gasteiger partial charge < -0.3 is 4.42 Å². The topological polar surface area (TPSA) is 43.1 Å². The summed E-state index contributed by atoms with van der Waals surface area (Å²) in [6, 6.07) is 4.32. The number of benzene rings is 1. The van der Waals surface area contributed by atoms with Crippen molar-refractivity contribution in [3.05, 3.63) is 40.3 Å². The van der Waals surface area contributed by atoms with Gasteiger partial charge in [-0.05, 0) is 12.1 Å². The first-order valence-electron chi connectivity index (χ1n) is 4.30. The first-order valence-corrected chi connectivity index (χ1v) is 4.30. The van der Waals surface area contributed by atoms with E-state index in [0.29, 0.717) is 17.8 Å². The molecule has 1 aromatic carbocycles. The second-order valence-corrected chi connectivity index (χ2v) is 2.88. The van der Waals surface area contributed by atoms with E-state index in [0.717, 1.165) is 0 Å². The zero-order valence-corrected chi connectivity index (χ0v) is 7.58. The normalized spacial score (nSPS) is 10.7. The fourth-order valence-corrected chi connectivity index (χ4v) is 1.27. The summed E-state index contributed by atoms with van der Waals surface area (Å²) < 4.78 is 18.0. The van der Waals surface area contributed by atoms with Crippen LogP contribution >= 0.6 is 0 Å². The van der Waals surface area contributed by atoms with Gasteiger partial charge in [0.1, 0.15) is 11.2 Å². The average molecular weight is 193 g/mol. The minimum absolute atomic E-state index is 0.0790. The molecule has 0 radical (unpaired) electrons. The average Bonchev–Trinajstić information content (AvgIpc) is 2.17. The molecule has 1 aromatic heterocycles. The highest BCUT2D eigenvalue weighted by molar-refractivity contribution is 5.77. The summed E-state index contributed by atoms with van der Waals surface area (Å²) in [6.07, 6.45) is 0.516. The first kappa shape index (κ1) is 8.87. The third kappa shape index (κ3) is 1.28. The SMILES string of the molecule is CCc1nc2cccc(F)c2c(=O)o1. The van der Waals surface area contributed by atoms with Gasteiger partial charge >= 0.3 is 5.63 Å². The molecule has 72 valence electrons. The molecule has 14 heavy (non-hydrogen) atoms. The monoisotopic (exact) mass is 193 g/mol. The van der Waals surface area contributed by atoms with E-state index in [1.54, 1.807) is 6.07 Å². The van der Waals surface area contributed by atoms with Gasteiger partial charge in [0, 0.05) is 6.42 Å². The second kappa shape index (κ2) is 3.21. The number of nitrogens with zero attached hydrogens (tertiary/aromatic N) is 1. The van der Waals surface area contributed by atoms with E-state index in [2.05, 4.69) is 4.98 Å². The van der Waals surface area contributed by atoms with Crippen molar-refractivity contribution >= 4 is 10.9 Å². The summed E-state index contributed by atoms with van der Waals surface area (Å²) in [5, 5.41) is -0.0790. The molecule has 0 amide bonds. The fourth-order valence-electron chi connectivity index (χ4n) is 1.27. The molecule has 0 N–H and O–H groups in total. The number of aryl methyl sites for hydroxylation is 1. The Balaban J connectivity index is 2.90. The summed E-state index contributed by atoms with van der Waals surface area (Å²) in [5.41, 5.74) is -0.317. The van der Waals surface area contributed by atoms with Crippen LogP contribution in [0.3, 0.4) is 0 Å². The number of hydrogen-bond donors (Lipinski definition) is 0. The molecule has 0 saturated carbocycles. The molecule has 0 atom stereocenters. The van der Waals surface area contributed by atoms with E-state index < -0.39 is 11.4 Å². The lowest BCUT2D eigenvalue weighted by Gasteiger charge is -1.98. The molecule has 1 heterocycles. The van der Waals surface area contributed by atoms with E-state index >= 15 is 0 Å². The summed E-state index contributed by atoms with van der Waals surface area (Å²) in [4.78, 5) is 15.3. The minimum Gasteiger partial charge on any atom is -0.408 e. The van der Waals surface area contributed by atoms with Crippen molar-refractivity contribution in [2.45, 2.75) is 13.3 Å². The number of aromatic nitrogens is 1. The summed E-state index contributed by atoms with van der Waals surface area (Å²) in [6.45, 7) is 1.82. The van der Waals surface area contributed by atoms with Crippen LogP contribution in [0.5, 0.6) is 0 Å². The van der Waals surface area contributed by atoms with Crippen LogP contribution in [0.4, 0.5) is 4.39 Å². The highest BCUT2D eigenvalue weighted by Crippen LogP contribution is 2.11. The lowest BCUT2D eigenvalue weighted by atomic mass is 10.2. The standard InChI is InChI=1S/C10H8FNO2/c1-2-8-12-7-5-3-4-6(11)9(7)10(13)14-8/h3-5H,2H2,1H3. The predicted molar refractivity (Wildman–Crippen MR) is 49.6 cm³/mol. The molecule has 0 spiro atoms. The predicted octanol–water partition coefficient (Wildman–Crippen LogP) is 1.89. The van der Waals surface area contributed by atoms with Crippen LogP contribution in [0.15, 0.2) is 27.4 Å². The van der Waals surface area contributed by atoms with E-state index in [1.807, 2.05) is 6.92 Å². The Labute approximate surface area is 79.2 Å². The van der Waals surface area contributed by atoms with Crippen LogP contribution in [0.2, 0.25) is 0 Å². The number of fused-ring (bicyclic) bond motifs is 1. The smallest absolute Gasteiger partial charge is 0.349 e. The minimum atomic E-state index is -0.662. The molecule has 0 aliphatic carbocycles. The largest absolute Gasteiger partial charge is 0.408 e. The van der Waals surface area contributed by atoms with Crippen LogP contribution < -0.4 is 5.63 Å². The Bertz CT molecular complexity index is 533. The van der Waals surface area contributed by atoms with Gasteiger partial charge in [-0.2, -0.15) is 0 Å². The van der Waals surface area contributed by atoms with Crippen molar-refractivity contribution < 1.29 is 8.81 Å². The van der Waals surface area contributed by atoms with Crippen molar-refractivity contribution in [3.8, 4) is 0 Å². The van der Waals surface area contributed by atoms with E-state index in [-0.39, 0.29) is 5.39 Å². The van der Waals surface area contributed by atoms with Crippen LogP contribution in [0.25, 0.3) is 10.9 Å². The fraction of sp³-hybridized carbons (Fsp3) is 0.200. The molecule has 2 rings (SSSR count). The van der Waals surface area contributed by atoms with Gasteiger partial charge in [0.25, 0.3) is 0 Å². The molecule has 2 aromatic rings. The highest BCUT2D eigenvalue weighted by Gasteiger charge is 2.08. The van der Waals surface area contributed by atoms with Crippen molar-refractivity contribution in [1.29, 1.82) is 0 Å². The van der Waals surface area contributed by atoms with Gasteiger partial charge in [-0.25, -0.2) is 14.2 Å². The molecule has 0 aliphatic heterocycles. The first-order chi connectivity index (χ1) is 6.72. The van der Waals surface area contributed by atoms with Gasteiger partial charge in [0.2, 0.25) is 0 Å². The Kier molecular flexibility index (Phi) is 2.04. The Morgan fingerprint density at radius 2 is 2.29 bits per heavy atom. The van der Waals surface area contributed by atoms with Crippen LogP contribution in [0.1, 0.15) is 12.8 Å². The maximum atomic E-state index is 13.2. The number of halogens is 1. The highest BCUT2D eigenvalue weighted by atomic mass is 19.1. The molecule has 0 aliphatic rings. The summed E-state index contributed by atoms with van der Waals surface area (Å²) in [7, 11) is 0. The van der Waals surface area contributed by atoms with Crippen LogP contribution in [-0.2, 0) is 6.42 Å². The van der Waals surface area contributed by atoms with Crippen LogP contribution in [-0.4, -0.2) is 4.98 Å². The van der Waals surface area contributed by atoms with Crippen molar-refractivity contribution in [3.63, 3.8) is 0 Å². The van der Waals surface area contributed by atoms with E-state index in [9.17, 15) is 9.18 Å². The van der Waals surface area contributed by atoms with E-state index in [4.69, 9.17) is 4.42 Å². The number of rotatable bonds is 1. The van der Waals surface area contributed by atoms with Crippen molar-refractivity contribution in [1.82, 2.24) is 4.98 Å². The summed E-state index contributed by atoms with van der Waals surface area (Å²) >= 11 is 0. The molecule has 0 bridgehead atoms. The molecule has 0 saturated heterocycles. The molecule has 4 heteroatoms. The Morgan fingerprint density at radius 3 is 3.00 bits per heavy atom. The number of hydrogen-bond acceptors (Lipinski definition) is 3. The quantitative estimate of drug-likeness (QED) is 0.694. The Morgan fingerprint density at radius 1 is 1.50 bits per heavy atom. The molecule has 0 fully saturated rings. The van der Waals surface area contributed by atoms with Gasteiger partial charge in [-0.1, -0.05) is 13.0 Å². The van der Waals surface area contributed by atoms with Gasteiger partial charge in [-0.3, -0.25) is 0 Å². The molecular weight excluding hydrogens is 185 g/mol. The van der Waals surface area contributed by atoms with Crippen molar-refractivity contribution in [2.24, 2.45) is 0 Å². The maximum absolute atomic E-state index is 13.2. The lowest BCUT2D eigenvalue weighted by Crippen LogP contribution is -2.06. The second-order valence-electron chi connectivity index (χ2n) is 2.88. The molecule has 0 unspecified atom stereocenters. The van der Waals surface area contributed by atoms with E-state index in [1.165, 1.54) is 12.1 Å². The van der Waals surface area contributed by atoms with Crippen LogP contribution in [0, 0.1) is 5.82 Å². The molecular formula is C10H8FNO2. The van der Waals surface area contributed by atoms with Crippen molar-refractivity contribution in [2.75, 3.05) is 0 Å². The van der Waals surface area contributed by atoms with Gasteiger partial charge in [-0.15, -0.1) is 0 Å². The van der Waals surface area contributed by atoms with Gasteiger partial charge in [0.05, 0.1) is 5.52 Å². The van der Waals surface area contributed by atoms with Gasteiger partial charge in [0.15, 0.2) is 5.89 Å². The maximum Gasteiger partial charge on any atom is 0.349 e. The Hall–Kier alpha value is -1.71. The molecule has 3 nitrogen and oxygen atoms in total. The summed E-state index contributed by atoms with van der Waals surface area (Å²) in [5.74, 6) is -0.264. The third-order valence-electron chi connectivity index (χ3n) is 1.95. The third-order valence-corrected chi connectivity index (χ3v) is 1.95.